The number of carbonyl (C=O) groups excluding carboxylic acids is 1. The number of nitrogens with zero attached hydrogens (tertiary/aromatic N) is 1. The molecule has 0 spiro atoms. The fourth-order valence-electron chi connectivity index (χ4n) is 2.62. The first kappa shape index (κ1) is 14.4. The number of hydrogen-bond donors (Lipinski definition) is 2. The molecule has 5 heteroatoms. The third-order valence-electron chi connectivity index (χ3n) is 3.43. The van der Waals surface area contributed by atoms with E-state index in [1.54, 1.807) is 4.90 Å². The molecule has 3 N–H and O–H groups in total. The molecule has 1 fully saturated rings. The Balaban J connectivity index is 2.80. The topological polar surface area (TPSA) is 66.6 Å². The minimum absolute atomic E-state index is 0.000926. The van der Waals surface area contributed by atoms with Gasteiger partial charge in [-0.25, -0.2) is 0 Å². The normalized spacial score (nSPS) is 27.4. The maximum atomic E-state index is 12.5. The van der Waals surface area contributed by atoms with E-state index in [0.717, 1.165) is 19.3 Å². The van der Waals surface area contributed by atoms with Gasteiger partial charge in [-0.1, -0.05) is 26.1 Å². The van der Waals surface area contributed by atoms with Gasteiger partial charge in [0.05, 0.1) is 17.0 Å². The van der Waals surface area contributed by atoms with Crippen LogP contribution in [0, 0.1) is 11.3 Å². The Hall–Kier alpha value is -0.680. The summed E-state index contributed by atoms with van der Waals surface area (Å²) in [5, 5.41) is 9.00. The van der Waals surface area contributed by atoms with E-state index in [0.29, 0.717) is 24.0 Å². The molecular formula is C12H22N2O2S. The average molecular weight is 258 g/mol. The molecule has 1 amide bonds. The number of amides is 1. The van der Waals surface area contributed by atoms with Crippen molar-refractivity contribution in [3.63, 3.8) is 0 Å². The molecule has 0 heterocycles. The van der Waals surface area contributed by atoms with Crippen LogP contribution < -0.4 is 5.73 Å². The Kier molecular flexibility index (Phi) is 4.89. The van der Waals surface area contributed by atoms with Crippen molar-refractivity contribution < 1.29 is 9.90 Å². The molecule has 0 radical (unpaired) electrons. The first-order valence-electron chi connectivity index (χ1n) is 6.18. The lowest BCUT2D eigenvalue weighted by Gasteiger charge is -2.46. The fourth-order valence-corrected chi connectivity index (χ4v) is 2.87. The Morgan fingerprint density at radius 3 is 2.47 bits per heavy atom. The zero-order valence-electron chi connectivity index (χ0n) is 10.6. The van der Waals surface area contributed by atoms with Crippen LogP contribution in [0.2, 0.25) is 0 Å². The largest absolute Gasteiger partial charge is 0.395 e. The molecule has 0 saturated heterocycles. The van der Waals surface area contributed by atoms with Gasteiger partial charge >= 0.3 is 0 Å². The van der Waals surface area contributed by atoms with Crippen molar-refractivity contribution in [1.82, 2.24) is 4.90 Å². The Labute approximate surface area is 108 Å². The lowest BCUT2D eigenvalue weighted by molar-refractivity contribution is -0.144. The van der Waals surface area contributed by atoms with Gasteiger partial charge in [0.1, 0.15) is 0 Å². The molecular weight excluding hydrogens is 236 g/mol. The van der Waals surface area contributed by atoms with Crippen LogP contribution in [0.15, 0.2) is 0 Å². The summed E-state index contributed by atoms with van der Waals surface area (Å²) in [6.07, 6.45) is 2.36. The smallest absolute Gasteiger partial charge is 0.235 e. The number of rotatable bonds is 6. The third-order valence-corrected chi connectivity index (χ3v) is 3.82. The molecule has 0 bridgehead atoms. The first-order chi connectivity index (χ1) is 7.97. The van der Waals surface area contributed by atoms with E-state index in [9.17, 15) is 4.79 Å². The van der Waals surface area contributed by atoms with E-state index in [-0.39, 0.29) is 12.5 Å². The van der Waals surface area contributed by atoms with Gasteiger partial charge in [-0.05, 0) is 25.2 Å². The molecule has 0 aromatic rings. The van der Waals surface area contributed by atoms with Gasteiger partial charge in [-0.3, -0.25) is 4.79 Å². The van der Waals surface area contributed by atoms with Crippen LogP contribution in [0.5, 0.6) is 0 Å². The van der Waals surface area contributed by atoms with Crippen LogP contribution in [0.25, 0.3) is 0 Å². The van der Waals surface area contributed by atoms with Gasteiger partial charge in [0.15, 0.2) is 0 Å². The predicted octanol–water partition coefficient (Wildman–Crippen LogP) is 0.920. The molecule has 0 aliphatic heterocycles. The van der Waals surface area contributed by atoms with E-state index >= 15 is 0 Å². The summed E-state index contributed by atoms with van der Waals surface area (Å²) in [5.41, 5.74) is 5.11. The summed E-state index contributed by atoms with van der Waals surface area (Å²) in [6.45, 7) is 5.10. The summed E-state index contributed by atoms with van der Waals surface area (Å²) < 4.78 is 0. The second kappa shape index (κ2) is 5.78. The van der Waals surface area contributed by atoms with Gasteiger partial charge < -0.3 is 15.7 Å². The minimum atomic E-state index is -0.640. The van der Waals surface area contributed by atoms with Gasteiger partial charge in [-0.15, -0.1) is 0 Å². The van der Waals surface area contributed by atoms with E-state index in [1.807, 2.05) is 6.92 Å². The van der Waals surface area contributed by atoms with Crippen molar-refractivity contribution in [3.8, 4) is 0 Å². The predicted molar refractivity (Wildman–Crippen MR) is 71.6 cm³/mol. The van der Waals surface area contributed by atoms with E-state index in [2.05, 4.69) is 6.92 Å². The zero-order valence-corrected chi connectivity index (χ0v) is 11.4. The van der Waals surface area contributed by atoms with Crippen molar-refractivity contribution >= 4 is 23.1 Å². The minimum Gasteiger partial charge on any atom is -0.395 e. The van der Waals surface area contributed by atoms with Crippen molar-refractivity contribution in [2.45, 2.75) is 33.1 Å². The number of thiocarbonyl (C=S) groups is 1. The molecule has 0 aromatic carbocycles. The molecule has 0 aromatic heterocycles. The number of aliphatic hydroxyl groups is 1. The monoisotopic (exact) mass is 258 g/mol. The molecule has 1 rings (SSSR count). The molecule has 0 atom stereocenters. The molecule has 0 unspecified atom stereocenters. The van der Waals surface area contributed by atoms with Gasteiger partial charge in [0.25, 0.3) is 0 Å². The van der Waals surface area contributed by atoms with Crippen LogP contribution in [0.4, 0.5) is 0 Å². The van der Waals surface area contributed by atoms with Crippen LogP contribution >= 0.6 is 12.2 Å². The van der Waals surface area contributed by atoms with Gasteiger partial charge in [0.2, 0.25) is 5.91 Å². The summed E-state index contributed by atoms with van der Waals surface area (Å²) >= 11 is 5.07. The zero-order chi connectivity index (χ0) is 13.1. The number of hydrogen-bond acceptors (Lipinski definition) is 3. The fraction of sp³-hybridized carbons (Fsp3) is 0.833. The van der Waals surface area contributed by atoms with Crippen LogP contribution in [0.3, 0.4) is 0 Å². The standard InChI is InChI=1S/C12H22N2O2S/c1-3-4-14(5-6-15)11(16)12(10(13)17)7-9(2)8-12/h9,15H,3-8H2,1-2H3,(H2,13,17). The third kappa shape index (κ3) is 2.77. The highest BCUT2D eigenvalue weighted by Gasteiger charge is 2.52. The molecule has 1 aliphatic carbocycles. The summed E-state index contributed by atoms with van der Waals surface area (Å²) in [4.78, 5) is 14.5. The highest BCUT2D eigenvalue weighted by molar-refractivity contribution is 7.80. The van der Waals surface area contributed by atoms with Crippen molar-refractivity contribution in [2.24, 2.45) is 17.1 Å². The number of nitrogens with two attached hydrogens (primary N) is 1. The summed E-state index contributed by atoms with van der Waals surface area (Å²) in [5.74, 6) is 0.497. The lowest BCUT2D eigenvalue weighted by Crippen LogP contribution is -2.57. The lowest BCUT2D eigenvalue weighted by atomic mass is 9.61. The van der Waals surface area contributed by atoms with E-state index < -0.39 is 5.41 Å². The van der Waals surface area contributed by atoms with Crippen LogP contribution in [0.1, 0.15) is 33.1 Å². The molecule has 1 saturated carbocycles. The Bertz CT molecular complexity index is 295. The van der Waals surface area contributed by atoms with Crippen molar-refractivity contribution in [2.75, 3.05) is 19.7 Å². The highest BCUT2D eigenvalue weighted by Crippen LogP contribution is 2.47. The molecule has 1 aliphatic rings. The first-order valence-corrected chi connectivity index (χ1v) is 6.59. The molecule has 17 heavy (non-hydrogen) atoms. The second-order valence-electron chi connectivity index (χ2n) is 4.98. The van der Waals surface area contributed by atoms with Crippen molar-refractivity contribution in [1.29, 1.82) is 0 Å². The van der Waals surface area contributed by atoms with E-state index in [4.69, 9.17) is 23.1 Å². The Morgan fingerprint density at radius 1 is 1.53 bits per heavy atom. The average Bonchev–Trinajstić information content (AvgIpc) is 2.23. The maximum absolute atomic E-state index is 12.5. The van der Waals surface area contributed by atoms with E-state index in [1.165, 1.54) is 0 Å². The quantitative estimate of drug-likeness (QED) is 0.695. The molecule has 98 valence electrons. The van der Waals surface area contributed by atoms with Crippen LogP contribution in [-0.4, -0.2) is 40.6 Å². The van der Waals surface area contributed by atoms with Gasteiger partial charge in [-0.2, -0.15) is 0 Å². The number of aliphatic hydroxyl groups excluding tert-OH is 1. The summed E-state index contributed by atoms with van der Waals surface area (Å²) in [6, 6.07) is 0. The van der Waals surface area contributed by atoms with Crippen molar-refractivity contribution in [3.05, 3.63) is 0 Å². The molecule has 4 nitrogen and oxygen atoms in total. The number of carbonyl (C=O) groups is 1. The Morgan fingerprint density at radius 2 is 2.12 bits per heavy atom. The maximum Gasteiger partial charge on any atom is 0.235 e. The highest BCUT2D eigenvalue weighted by atomic mass is 32.1. The van der Waals surface area contributed by atoms with Gasteiger partial charge in [0, 0.05) is 13.1 Å². The second-order valence-corrected chi connectivity index (χ2v) is 5.42. The SMILES string of the molecule is CCCN(CCO)C(=O)C1(C(N)=S)CC(C)C1. The summed E-state index contributed by atoms with van der Waals surface area (Å²) in [7, 11) is 0. The van der Waals surface area contributed by atoms with Crippen LogP contribution in [-0.2, 0) is 4.79 Å².